The molecule has 0 atom stereocenters. The van der Waals surface area contributed by atoms with E-state index in [1.165, 1.54) is 11.8 Å². The van der Waals surface area contributed by atoms with Crippen LogP contribution in [0.1, 0.15) is 25.3 Å². The van der Waals surface area contributed by atoms with Crippen LogP contribution in [0.3, 0.4) is 0 Å². The highest BCUT2D eigenvalue weighted by molar-refractivity contribution is 8.18. The SMILES string of the molecule is CCCCOc1ccc(-c2nn(-c3ccccc3)cc2/C=C2\SC(N3CCOCC3)=NC2=O)cc1. The van der Waals surface area contributed by atoms with Gasteiger partial charge in [-0.25, -0.2) is 4.68 Å². The maximum Gasteiger partial charge on any atom is 0.286 e. The highest BCUT2D eigenvalue weighted by atomic mass is 32.2. The Kier molecular flexibility index (Phi) is 7.30. The Labute approximate surface area is 209 Å². The molecule has 3 heterocycles. The van der Waals surface area contributed by atoms with Crippen LogP contribution in [0.25, 0.3) is 23.0 Å². The Balaban J connectivity index is 1.45. The third-order valence-corrected chi connectivity index (χ3v) is 6.88. The Hall–Kier alpha value is -3.36. The number of nitrogens with zero attached hydrogens (tertiary/aromatic N) is 4. The molecule has 0 bridgehead atoms. The summed E-state index contributed by atoms with van der Waals surface area (Å²) in [5.41, 5.74) is 3.57. The molecule has 1 aromatic heterocycles. The zero-order valence-electron chi connectivity index (χ0n) is 19.7. The summed E-state index contributed by atoms with van der Waals surface area (Å²) in [6.07, 6.45) is 5.99. The van der Waals surface area contributed by atoms with Crippen LogP contribution >= 0.6 is 11.8 Å². The lowest BCUT2D eigenvalue weighted by atomic mass is 10.1. The molecule has 2 aliphatic rings. The van der Waals surface area contributed by atoms with E-state index in [0.717, 1.165) is 59.4 Å². The molecule has 1 saturated heterocycles. The smallest absolute Gasteiger partial charge is 0.286 e. The van der Waals surface area contributed by atoms with E-state index in [2.05, 4.69) is 16.8 Å². The molecule has 2 aliphatic heterocycles. The summed E-state index contributed by atoms with van der Waals surface area (Å²) < 4.78 is 13.1. The number of carbonyl (C=O) groups is 1. The lowest BCUT2D eigenvalue weighted by Crippen LogP contribution is -2.38. The predicted molar refractivity (Wildman–Crippen MR) is 140 cm³/mol. The van der Waals surface area contributed by atoms with Gasteiger partial charge in [0.05, 0.1) is 36.1 Å². The fourth-order valence-corrected chi connectivity index (χ4v) is 4.86. The summed E-state index contributed by atoms with van der Waals surface area (Å²) in [5, 5.41) is 5.62. The zero-order chi connectivity index (χ0) is 24.0. The Morgan fingerprint density at radius 2 is 1.86 bits per heavy atom. The minimum Gasteiger partial charge on any atom is -0.494 e. The van der Waals surface area contributed by atoms with Crippen LogP contribution < -0.4 is 4.74 Å². The average molecular weight is 489 g/mol. The molecule has 0 aliphatic carbocycles. The molecule has 35 heavy (non-hydrogen) atoms. The molecular weight excluding hydrogens is 460 g/mol. The zero-order valence-corrected chi connectivity index (χ0v) is 20.5. The van der Waals surface area contributed by atoms with Crippen molar-refractivity contribution in [3.8, 4) is 22.7 Å². The molecule has 0 radical (unpaired) electrons. The van der Waals surface area contributed by atoms with Crippen LogP contribution in [0.4, 0.5) is 0 Å². The van der Waals surface area contributed by atoms with Gasteiger partial charge < -0.3 is 14.4 Å². The molecule has 180 valence electrons. The first kappa shape index (κ1) is 23.4. The summed E-state index contributed by atoms with van der Waals surface area (Å²) in [4.78, 5) is 19.8. The van der Waals surface area contributed by atoms with E-state index in [1.54, 1.807) is 0 Å². The van der Waals surface area contributed by atoms with Gasteiger partial charge in [0.15, 0.2) is 5.17 Å². The first-order valence-electron chi connectivity index (χ1n) is 11.9. The number of para-hydroxylation sites is 1. The maximum atomic E-state index is 12.7. The molecular formula is C27H28N4O3S. The van der Waals surface area contributed by atoms with Crippen LogP contribution in [0.15, 0.2) is 70.7 Å². The van der Waals surface area contributed by atoms with Gasteiger partial charge in [0.25, 0.3) is 5.91 Å². The minimum atomic E-state index is -0.213. The molecule has 1 fully saturated rings. The lowest BCUT2D eigenvalue weighted by Gasteiger charge is -2.27. The number of aliphatic imine (C=N–C) groups is 1. The van der Waals surface area contributed by atoms with E-state index in [1.807, 2.05) is 71.6 Å². The molecule has 0 spiro atoms. The highest BCUT2D eigenvalue weighted by Gasteiger charge is 2.28. The van der Waals surface area contributed by atoms with E-state index in [-0.39, 0.29) is 5.91 Å². The second kappa shape index (κ2) is 10.9. The van der Waals surface area contributed by atoms with Crippen molar-refractivity contribution in [1.29, 1.82) is 0 Å². The summed E-state index contributed by atoms with van der Waals surface area (Å²) >= 11 is 1.42. The van der Waals surface area contributed by atoms with Crippen molar-refractivity contribution in [2.24, 2.45) is 4.99 Å². The number of benzene rings is 2. The fraction of sp³-hybridized carbons (Fsp3) is 0.296. The van der Waals surface area contributed by atoms with Crippen LogP contribution in [-0.2, 0) is 9.53 Å². The number of amides is 1. The second-order valence-corrected chi connectivity index (χ2v) is 9.36. The normalized spacial score (nSPS) is 17.2. The number of unbranched alkanes of at least 4 members (excludes halogenated alkanes) is 1. The van der Waals surface area contributed by atoms with Crippen molar-refractivity contribution in [3.63, 3.8) is 0 Å². The number of rotatable bonds is 7. The number of aromatic nitrogens is 2. The standard InChI is InChI=1S/C27H28N4O3S/c1-2-3-15-34-23-11-9-20(10-12-23)25-21(19-31(29-25)22-7-5-4-6-8-22)18-24-26(32)28-27(35-24)30-13-16-33-17-14-30/h4-12,18-19H,2-3,13-17H2,1H3/b24-18-. The van der Waals surface area contributed by atoms with Crippen LogP contribution in [-0.4, -0.2) is 58.7 Å². The van der Waals surface area contributed by atoms with Crippen molar-refractivity contribution < 1.29 is 14.3 Å². The van der Waals surface area contributed by atoms with E-state index >= 15 is 0 Å². The number of hydrogen-bond acceptors (Lipinski definition) is 6. The summed E-state index contributed by atoms with van der Waals surface area (Å²) in [7, 11) is 0. The molecule has 0 N–H and O–H groups in total. The number of hydrogen-bond donors (Lipinski definition) is 0. The molecule has 3 aromatic rings. The fourth-order valence-electron chi connectivity index (χ4n) is 3.90. The third-order valence-electron chi connectivity index (χ3n) is 5.84. The number of thioether (sulfide) groups is 1. The number of morpholine rings is 1. The van der Waals surface area contributed by atoms with Crippen molar-refractivity contribution >= 4 is 28.9 Å². The average Bonchev–Trinajstić information content (AvgIpc) is 3.49. The number of carbonyl (C=O) groups excluding carboxylic acids is 1. The minimum absolute atomic E-state index is 0.213. The van der Waals surface area contributed by atoms with Gasteiger partial charge in [0.2, 0.25) is 0 Å². The first-order chi connectivity index (χ1) is 17.2. The van der Waals surface area contributed by atoms with Gasteiger partial charge in [-0.2, -0.15) is 10.1 Å². The van der Waals surface area contributed by atoms with E-state index in [4.69, 9.17) is 14.6 Å². The van der Waals surface area contributed by atoms with Crippen molar-refractivity contribution in [2.45, 2.75) is 19.8 Å². The van der Waals surface area contributed by atoms with Gasteiger partial charge in [0, 0.05) is 30.4 Å². The topological polar surface area (TPSA) is 68.9 Å². The van der Waals surface area contributed by atoms with Gasteiger partial charge in [-0.05, 0) is 60.7 Å². The van der Waals surface area contributed by atoms with Crippen LogP contribution in [0, 0.1) is 0 Å². The molecule has 2 aromatic carbocycles. The van der Waals surface area contributed by atoms with E-state index < -0.39 is 0 Å². The first-order valence-corrected chi connectivity index (χ1v) is 12.8. The van der Waals surface area contributed by atoms with Gasteiger partial charge in [-0.1, -0.05) is 31.5 Å². The summed E-state index contributed by atoms with van der Waals surface area (Å²) in [6.45, 7) is 5.65. The Morgan fingerprint density at radius 3 is 2.60 bits per heavy atom. The summed E-state index contributed by atoms with van der Waals surface area (Å²) in [6, 6.07) is 17.9. The molecule has 7 nitrogen and oxygen atoms in total. The van der Waals surface area contributed by atoms with E-state index in [0.29, 0.717) is 24.7 Å². The molecule has 1 amide bonds. The quantitative estimate of drug-likeness (QED) is 0.344. The van der Waals surface area contributed by atoms with Crippen molar-refractivity contribution in [3.05, 3.63) is 71.3 Å². The Bertz CT molecular complexity index is 1230. The predicted octanol–water partition coefficient (Wildman–Crippen LogP) is 5.02. The molecule has 0 unspecified atom stereocenters. The molecule has 5 rings (SSSR count). The van der Waals surface area contributed by atoms with Gasteiger partial charge in [-0.3, -0.25) is 4.79 Å². The Morgan fingerprint density at radius 1 is 1.09 bits per heavy atom. The van der Waals surface area contributed by atoms with Crippen LogP contribution in [0.5, 0.6) is 5.75 Å². The van der Waals surface area contributed by atoms with Crippen molar-refractivity contribution in [2.75, 3.05) is 32.9 Å². The van der Waals surface area contributed by atoms with Gasteiger partial charge in [0.1, 0.15) is 5.75 Å². The highest BCUT2D eigenvalue weighted by Crippen LogP contribution is 2.34. The lowest BCUT2D eigenvalue weighted by molar-refractivity contribution is -0.113. The van der Waals surface area contributed by atoms with Gasteiger partial charge in [-0.15, -0.1) is 0 Å². The molecule has 8 heteroatoms. The maximum absolute atomic E-state index is 12.7. The largest absolute Gasteiger partial charge is 0.494 e. The van der Waals surface area contributed by atoms with Crippen LogP contribution in [0.2, 0.25) is 0 Å². The van der Waals surface area contributed by atoms with Crippen molar-refractivity contribution in [1.82, 2.24) is 14.7 Å². The molecule has 0 saturated carbocycles. The third kappa shape index (κ3) is 5.49. The number of amidine groups is 1. The van der Waals surface area contributed by atoms with Gasteiger partial charge >= 0.3 is 0 Å². The monoisotopic (exact) mass is 488 g/mol. The summed E-state index contributed by atoms with van der Waals surface area (Å²) in [5.74, 6) is 0.629. The van der Waals surface area contributed by atoms with E-state index in [9.17, 15) is 4.79 Å². The number of ether oxygens (including phenoxy) is 2. The second-order valence-electron chi connectivity index (χ2n) is 8.35.